The van der Waals surface area contributed by atoms with Gasteiger partial charge in [0.25, 0.3) is 5.91 Å². The monoisotopic (exact) mass is 531 g/mol. The normalized spacial score (nSPS) is 14.9. The predicted molar refractivity (Wildman–Crippen MR) is 136 cm³/mol. The number of hydrogen-bond acceptors (Lipinski definition) is 6. The van der Waals surface area contributed by atoms with Gasteiger partial charge in [0, 0.05) is 22.7 Å². The Morgan fingerprint density at radius 3 is 2.56 bits per heavy atom. The van der Waals surface area contributed by atoms with E-state index in [0.29, 0.717) is 29.2 Å². The molecular formula is C25H23ClFN3O5S. The van der Waals surface area contributed by atoms with Crippen LogP contribution in [-0.2, 0) is 26.9 Å². The molecule has 1 atom stereocenters. The van der Waals surface area contributed by atoms with Crippen molar-refractivity contribution in [3.63, 3.8) is 0 Å². The summed E-state index contributed by atoms with van der Waals surface area (Å²) in [5.74, 6) is -2.13. The zero-order valence-corrected chi connectivity index (χ0v) is 20.8. The van der Waals surface area contributed by atoms with Crippen LogP contribution in [0.25, 0.3) is 0 Å². The van der Waals surface area contributed by atoms with Crippen LogP contribution in [0.5, 0.6) is 5.75 Å². The summed E-state index contributed by atoms with van der Waals surface area (Å²) in [6.07, 6.45) is 0. The lowest BCUT2D eigenvalue weighted by molar-refractivity contribution is -0.116. The molecule has 0 saturated carbocycles. The third kappa shape index (κ3) is 5.95. The van der Waals surface area contributed by atoms with E-state index in [-0.39, 0.29) is 16.5 Å². The van der Waals surface area contributed by atoms with E-state index in [1.54, 1.807) is 31.4 Å². The number of hydrogen-bond donors (Lipinski definition) is 3. The molecule has 0 bridgehead atoms. The van der Waals surface area contributed by atoms with Gasteiger partial charge in [0.2, 0.25) is 5.91 Å². The summed E-state index contributed by atoms with van der Waals surface area (Å²) in [5, 5.41) is 8.34. The van der Waals surface area contributed by atoms with Crippen LogP contribution in [0.4, 0.5) is 15.8 Å². The summed E-state index contributed by atoms with van der Waals surface area (Å²) in [7, 11) is -2.32. The minimum absolute atomic E-state index is 0.00257. The lowest BCUT2D eigenvalue weighted by Crippen LogP contribution is -2.43. The van der Waals surface area contributed by atoms with E-state index in [9.17, 15) is 22.4 Å². The highest BCUT2D eigenvalue weighted by molar-refractivity contribution is 7.90. The fourth-order valence-corrected chi connectivity index (χ4v) is 5.64. The van der Waals surface area contributed by atoms with E-state index in [0.717, 1.165) is 11.6 Å². The van der Waals surface area contributed by atoms with Crippen LogP contribution in [0, 0.1) is 5.82 Å². The zero-order valence-electron chi connectivity index (χ0n) is 19.2. The van der Waals surface area contributed by atoms with E-state index in [1.165, 1.54) is 18.2 Å². The fraction of sp³-hybridized carbons (Fsp3) is 0.200. The van der Waals surface area contributed by atoms with Crippen LogP contribution >= 0.6 is 11.6 Å². The van der Waals surface area contributed by atoms with Crippen LogP contribution in [0.3, 0.4) is 0 Å². The second kappa shape index (κ2) is 10.5. The number of rotatable bonds is 8. The number of carbonyl (C=O) groups is 2. The van der Waals surface area contributed by atoms with Gasteiger partial charge >= 0.3 is 0 Å². The fourth-order valence-electron chi connectivity index (χ4n) is 3.74. The molecule has 36 heavy (non-hydrogen) atoms. The maximum atomic E-state index is 14.0. The molecule has 1 aliphatic heterocycles. The average molecular weight is 532 g/mol. The standard InChI is InChI=1S/C25H23ClFN3O5S/c1-35-17-8-5-15(6-9-17)12-28-24(31)16-7-10-21-22(11-16)30-25(32)23(29-21)14-36(33,34)13-18-19(26)3-2-4-20(18)27/h2-11,23,29H,12-14H2,1H3,(H,28,31)(H,30,32)/t23-/m0/s1. The van der Waals surface area contributed by atoms with Gasteiger partial charge in [0.1, 0.15) is 17.6 Å². The molecule has 0 fully saturated rings. The molecule has 188 valence electrons. The lowest BCUT2D eigenvalue weighted by atomic mass is 10.1. The molecule has 0 unspecified atom stereocenters. The Morgan fingerprint density at radius 1 is 1.11 bits per heavy atom. The molecule has 3 N–H and O–H groups in total. The zero-order chi connectivity index (χ0) is 25.9. The van der Waals surface area contributed by atoms with E-state index >= 15 is 0 Å². The smallest absolute Gasteiger partial charge is 0.251 e. The number of amides is 2. The summed E-state index contributed by atoms with van der Waals surface area (Å²) in [6, 6.07) is 14.7. The second-order valence-electron chi connectivity index (χ2n) is 8.23. The first kappa shape index (κ1) is 25.5. The van der Waals surface area contributed by atoms with Crippen LogP contribution in [0.15, 0.2) is 60.7 Å². The van der Waals surface area contributed by atoms with Gasteiger partial charge in [0.15, 0.2) is 9.84 Å². The minimum Gasteiger partial charge on any atom is -0.497 e. The summed E-state index contributed by atoms with van der Waals surface area (Å²) in [5.41, 5.74) is 1.89. The topological polar surface area (TPSA) is 114 Å². The molecule has 1 aliphatic rings. The van der Waals surface area contributed by atoms with Gasteiger partial charge in [-0.05, 0) is 48.0 Å². The first-order valence-corrected chi connectivity index (χ1v) is 13.1. The third-order valence-electron chi connectivity index (χ3n) is 5.64. The van der Waals surface area contributed by atoms with Gasteiger partial charge in [-0.3, -0.25) is 9.59 Å². The molecule has 2 amide bonds. The van der Waals surface area contributed by atoms with Crippen molar-refractivity contribution in [2.24, 2.45) is 0 Å². The van der Waals surface area contributed by atoms with Gasteiger partial charge in [-0.2, -0.15) is 0 Å². The summed E-state index contributed by atoms with van der Waals surface area (Å²) in [6.45, 7) is 0.302. The number of ether oxygens (including phenoxy) is 1. The van der Waals surface area contributed by atoms with Crippen molar-refractivity contribution < 1.29 is 27.1 Å². The maximum absolute atomic E-state index is 14.0. The van der Waals surface area contributed by atoms with Crippen LogP contribution in [0.2, 0.25) is 5.02 Å². The first-order valence-electron chi connectivity index (χ1n) is 10.9. The molecular weight excluding hydrogens is 509 g/mol. The molecule has 0 aromatic heterocycles. The Morgan fingerprint density at radius 2 is 1.86 bits per heavy atom. The minimum atomic E-state index is -3.89. The molecule has 11 heteroatoms. The Labute approximate surface area is 212 Å². The number of halogens is 2. The SMILES string of the molecule is COc1ccc(CNC(=O)c2ccc3c(c2)NC(=O)[C@H](CS(=O)(=O)Cc2c(F)cccc2Cl)N3)cc1. The largest absolute Gasteiger partial charge is 0.497 e. The van der Waals surface area contributed by atoms with E-state index < -0.39 is 39.1 Å². The lowest BCUT2D eigenvalue weighted by Gasteiger charge is -2.27. The van der Waals surface area contributed by atoms with Gasteiger partial charge in [-0.15, -0.1) is 0 Å². The quantitative estimate of drug-likeness (QED) is 0.408. The average Bonchev–Trinajstić information content (AvgIpc) is 2.85. The highest BCUT2D eigenvalue weighted by atomic mass is 35.5. The third-order valence-corrected chi connectivity index (χ3v) is 7.57. The molecule has 3 aromatic rings. The first-order chi connectivity index (χ1) is 17.1. The highest BCUT2D eigenvalue weighted by Gasteiger charge is 2.31. The molecule has 1 heterocycles. The maximum Gasteiger partial charge on any atom is 0.251 e. The van der Waals surface area contributed by atoms with Crippen molar-refractivity contribution in [3.8, 4) is 5.75 Å². The summed E-state index contributed by atoms with van der Waals surface area (Å²) < 4.78 is 44.5. The van der Waals surface area contributed by atoms with E-state index in [2.05, 4.69) is 16.0 Å². The Balaban J connectivity index is 1.41. The van der Waals surface area contributed by atoms with Crippen LogP contribution < -0.4 is 20.7 Å². The Hall–Kier alpha value is -3.63. The van der Waals surface area contributed by atoms with Crippen LogP contribution in [0.1, 0.15) is 21.5 Å². The molecule has 0 saturated heterocycles. The summed E-state index contributed by atoms with van der Waals surface area (Å²) >= 11 is 5.95. The van der Waals surface area contributed by atoms with Gasteiger partial charge in [-0.25, -0.2) is 12.8 Å². The second-order valence-corrected chi connectivity index (χ2v) is 10.7. The Kier molecular flexibility index (Phi) is 7.46. The predicted octanol–water partition coefficient (Wildman–Crippen LogP) is 3.77. The summed E-state index contributed by atoms with van der Waals surface area (Å²) in [4.78, 5) is 25.2. The number of nitrogens with one attached hydrogen (secondary N) is 3. The van der Waals surface area contributed by atoms with Crippen molar-refractivity contribution in [3.05, 3.63) is 88.2 Å². The number of carbonyl (C=O) groups excluding carboxylic acids is 2. The van der Waals surface area contributed by atoms with E-state index in [4.69, 9.17) is 16.3 Å². The van der Waals surface area contributed by atoms with E-state index in [1.807, 2.05) is 12.1 Å². The van der Waals surface area contributed by atoms with Gasteiger partial charge in [-0.1, -0.05) is 29.8 Å². The van der Waals surface area contributed by atoms with Crippen molar-refractivity contribution in [1.29, 1.82) is 0 Å². The van der Waals surface area contributed by atoms with Gasteiger partial charge < -0.3 is 20.7 Å². The van der Waals surface area contributed by atoms with Crippen LogP contribution in [-0.4, -0.2) is 39.1 Å². The number of anilines is 2. The number of fused-ring (bicyclic) bond motifs is 1. The van der Waals surface area contributed by atoms with Crippen molar-refractivity contribution >= 4 is 44.6 Å². The van der Waals surface area contributed by atoms with Crippen molar-refractivity contribution in [2.45, 2.75) is 18.3 Å². The molecule has 8 nitrogen and oxygen atoms in total. The molecule has 4 rings (SSSR count). The molecule has 0 aliphatic carbocycles. The number of sulfone groups is 1. The van der Waals surface area contributed by atoms with Crippen molar-refractivity contribution in [1.82, 2.24) is 5.32 Å². The highest BCUT2D eigenvalue weighted by Crippen LogP contribution is 2.29. The van der Waals surface area contributed by atoms with Crippen molar-refractivity contribution in [2.75, 3.05) is 23.5 Å². The number of methoxy groups -OCH3 is 1. The molecule has 0 radical (unpaired) electrons. The Bertz CT molecular complexity index is 1390. The molecule has 0 spiro atoms. The van der Waals surface area contributed by atoms with Gasteiger partial charge in [0.05, 0.1) is 30.0 Å². The molecule has 3 aromatic carbocycles. The number of benzene rings is 3.